The highest BCUT2D eigenvalue weighted by Gasteiger charge is 1.93. The first kappa shape index (κ1) is 16.1. The summed E-state index contributed by atoms with van der Waals surface area (Å²) < 4.78 is 5.12. The maximum atomic E-state index is 10.5. The number of carbonyl (C=O) groups excluding carboxylic acids is 1. The predicted octanol–water partition coefficient (Wildman–Crippen LogP) is 3.71. The summed E-state index contributed by atoms with van der Waals surface area (Å²) in [4.78, 5) is 10.5. The Morgan fingerprint density at radius 2 is 1.53 bits per heavy atom. The number of Topliss-reactive ketones (excluding diaryl/α,β-unsaturated/α-hetero) is 1. The molecule has 1 aromatic carbocycles. The van der Waals surface area contributed by atoms with E-state index in [9.17, 15) is 4.79 Å². The molecule has 2 heteroatoms. The van der Waals surface area contributed by atoms with Crippen molar-refractivity contribution in [3.8, 4) is 5.75 Å². The zero-order valence-corrected chi connectivity index (χ0v) is 10.4. The van der Waals surface area contributed by atoms with Crippen molar-refractivity contribution >= 4 is 5.78 Å². The van der Waals surface area contributed by atoms with Crippen LogP contribution in [0.4, 0.5) is 0 Å². The van der Waals surface area contributed by atoms with Gasteiger partial charge < -0.3 is 4.74 Å². The fourth-order valence-corrected chi connectivity index (χ4v) is 0.702. The number of rotatable bonds is 3. The number of carbonyl (C=O) groups is 1. The Morgan fingerprint density at radius 3 is 1.93 bits per heavy atom. The van der Waals surface area contributed by atoms with Crippen LogP contribution in [0.25, 0.3) is 0 Å². The molecule has 0 saturated carbocycles. The van der Waals surface area contributed by atoms with Crippen LogP contribution in [0.2, 0.25) is 0 Å². The molecule has 2 nitrogen and oxygen atoms in total. The van der Waals surface area contributed by atoms with E-state index in [1.807, 2.05) is 58.0 Å². The molecule has 0 atom stereocenters. The monoisotopic (exact) mass is 210 g/mol. The smallest absolute Gasteiger partial charge is 0.167 e. The summed E-state index contributed by atoms with van der Waals surface area (Å²) in [6.45, 7) is 9.66. The second kappa shape index (κ2) is 12.7. The highest BCUT2D eigenvalue weighted by molar-refractivity contribution is 5.77. The second-order valence-electron chi connectivity index (χ2n) is 2.30. The van der Waals surface area contributed by atoms with E-state index in [0.29, 0.717) is 0 Å². The van der Waals surface area contributed by atoms with E-state index in [1.165, 1.54) is 6.92 Å². The fraction of sp³-hybridized carbons (Fsp3) is 0.462. The van der Waals surface area contributed by atoms with Crippen LogP contribution in [0.1, 0.15) is 34.6 Å². The van der Waals surface area contributed by atoms with E-state index in [1.54, 1.807) is 0 Å². The largest absolute Gasteiger partial charge is 0.486 e. The van der Waals surface area contributed by atoms with Gasteiger partial charge in [0.1, 0.15) is 12.4 Å². The van der Waals surface area contributed by atoms with Gasteiger partial charge in [0.05, 0.1) is 0 Å². The van der Waals surface area contributed by atoms with Crippen molar-refractivity contribution in [2.24, 2.45) is 0 Å². The van der Waals surface area contributed by atoms with Gasteiger partial charge >= 0.3 is 0 Å². The summed E-state index contributed by atoms with van der Waals surface area (Å²) in [6, 6.07) is 9.29. The first-order valence-electron chi connectivity index (χ1n) is 5.46. The van der Waals surface area contributed by atoms with Gasteiger partial charge in [-0.1, -0.05) is 45.9 Å². The van der Waals surface area contributed by atoms with Crippen molar-refractivity contribution in [1.29, 1.82) is 0 Å². The van der Waals surface area contributed by atoms with Crippen molar-refractivity contribution in [1.82, 2.24) is 0 Å². The topological polar surface area (TPSA) is 26.3 Å². The average Bonchev–Trinajstić information content (AvgIpc) is 2.33. The lowest BCUT2D eigenvalue weighted by atomic mass is 10.3. The van der Waals surface area contributed by atoms with Crippen molar-refractivity contribution in [2.75, 3.05) is 6.61 Å². The third kappa shape index (κ3) is 10.6. The van der Waals surface area contributed by atoms with E-state index in [4.69, 9.17) is 4.74 Å². The number of ketones is 1. The molecule has 0 saturated heterocycles. The molecular formula is C13H22O2. The average molecular weight is 210 g/mol. The van der Waals surface area contributed by atoms with Crippen molar-refractivity contribution in [3.63, 3.8) is 0 Å². The Hall–Kier alpha value is -1.31. The standard InChI is InChI=1S/C9H10O2.2C2H6/c1-8(10)7-11-9-5-3-2-4-6-9;2*1-2/h2-6H,7H2,1H3;2*1-2H3. The number of hydrogen-bond acceptors (Lipinski definition) is 2. The van der Waals surface area contributed by atoms with Gasteiger partial charge in [-0.2, -0.15) is 0 Å². The molecule has 0 heterocycles. The Labute approximate surface area is 93.3 Å². The maximum Gasteiger partial charge on any atom is 0.167 e. The molecule has 1 aromatic rings. The van der Waals surface area contributed by atoms with Crippen LogP contribution in [-0.2, 0) is 4.79 Å². The van der Waals surface area contributed by atoms with Gasteiger partial charge in [-0.3, -0.25) is 4.79 Å². The molecule has 0 aromatic heterocycles. The summed E-state index contributed by atoms with van der Waals surface area (Å²) in [6.07, 6.45) is 0. The number of para-hydroxylation sites is 1. The number of benzene rings is 1. The zero-order valence-electron chi connectivity index (χ0n) is 10.4. The van der Waals surface area contributed by atoms with Crippen LogP contribution in [0.3, 0.4) is 0 Å². The van der Waals surface area contributed by atoms with Gasteiger partial charge in [0.2, 0.25) is 0 Å². The molecule has 0 fully saturated rings. The third-order valence-corrected chi connectivity index (χ3v) is 1.19. The first-order chi connectivity index (χ1) is 7.29. The van der Waals surface area contributed by atoms with Gasteiger partial charge in [0, 0.05) is 0 Å². The molecule has 0 unspecified atom stereocenters. The van der Waals surface area contributed by atoms with Crippen molar-refractivity contribution in [3.05, 3.63) is 30.3 Å². The molecule has 0 bridgehead atoms. The van der Waals surface area contributed by atoms with Gasteiger partial charge in [0.15, 0.2) is 5.78 Å². The normalized spacial score (nSPS) is 7.53. The minimum atomic E-state index is 0.0360. The second-order valence-corrected chi connectivity index (χ2v) is 2.30. The van der Waals surface area contributed by atoms with Crippen LogP contribution in [0, 0.1) is 0 Å². The zero-order chi connectivity index (χ0) is 12.1. The highest BCUT2D eigenvalue weighted by atomic mass is 16.5. The fourth-order valence-electron chi connectivity index (χ4n) is 0.702. The lowest BCUT2D eigenvalue weighted by Crippen LogP contribution is -2.06. The molecule has 86 valence electrons. The molecular weight excluding hydrogens is 188 g/mol. The maximum absolute atomic E-state index is 10.5. The van der Waals surface area contributed by atoms with Crippen LogP contribution in [-0.4, -0.2) is 12.4 Å². The van der Waals surface area contributed by atoms with Gasteiger partial charge in [-0.05, 0) is 19.1 Å². The van der Waals surface area contributed by atoms with Crippen molar-refractivity contribution in [2.45, 2.75) is 34.6 Å². The number of ether oxygens (including phenoxy) is 1. The third-order valence-electron chi connectivity index (χ3n) is 1.19. The molecule has 0 amide bonds. The van der Waals surface area contributed by atoms with Crippen molar-refractivity contribution < 1.29 is 9.53 Å². The first-order valence-corrected chi connectivity index (χ1v) is 5.46. The Balaban J connectivity index is 0. The predicted molar refractivity (Wildman–Crippen MR) is 65.3 cm³/mol. The molecule has 0 aliphatic heterocycles. The van der Waals surface area contributed by atoms with E-state index < -0.39 is 0 Å². The molecule has 0 aliphatic carbocycles. The van der Waals surface area contributed by atoms with Crippen LogP contribution in [0.5, 0.6) is 5.75 Å². The van der Waals surface area contributed by atoms with E-state index in [2.05, 4.69) is 0 Å². The quantitative estimate of drug-likeness (QED) is 0.760. The summed E-state index contributed by atoms with van der Waals surface area (Å²) in [5, 5.41) is 0. The summed E-state index contributed by atoms with van der Waals surface area (Å²) in [7, 11) is 0. The van der Waals surface area contributed by atoms with Gasteiger partial charge in [-0.25, -0.2) is 0 Å². The Morgan fingerprint density at radius 1 is 1.07 bits per heavy atom. The minimum absolute atomic E-state index is 0.0360. The highest BCUT2D eigenvalue weighted by Crippen LogP contribution is 2.07. The summed E-state index contributed by atoms with van der Waals surface area (Å²) in [5.74, 6) is 0.775. The lowest BCUT2D eigenvalue weighted by molar-refractivity contribution is -0.118. The molecule has 1 rings (SSSR count). The molecule has 15 heavy (non-hydrogen) atoms. The summed E-state index contributed by atoms with van der Waals surface area (Å²) >= 11 is 0. The van der Waals surface area contributed by atoms with E-state index in [-0.39, 0.29) is 12.4 Å². The molecule has 0 N–H and O–H groups in total. The molecule has 0 aliphatic rings. The van der Waals surface area contributed by atoms with Crippen LogP contribution < -0.4 is 4.74 Å². The van der Waals surface area contributed by atoms with Crippen LogP contribution in [0.15, 0.2) is 30.3 Å². The summed E-state index contributed by atoms with van der Waals surface area (Å²) in [5.41, 5.74) is 0. The lowest BCUT2D eigenvalue weighted by Gasteiger charge is -2.01. The van der Waals surface area contributed by atoms with E-state index >= 15 is 0 Å². The van der Waals surface area contributed by atoms with Gasteiger partial charge in [0.25, 0.3) is 0 Å². The van der Waals surface area contributed by atoms with Crippen LogP contribution >= 0.6 is 0 Å². The minimum Gasteiger partial charge on any atom is -0.486 e. The van der Waals surface area contributed by atoms with Gasteiger partial charge in [-0.15, -0.1) is 0 Å². The molecule has 0 radical (unpaired) electrons. The Kier molecular flexibility index (Phi) is 13.6. The van der Waals surface area contributed by atoms with E-state index in [0.717, 1.165) is 5.75 Å². The SMILES string of the molecule is CC.CC.CC(=O)COc1ccccc1. The molecule has 0 spiro atoms. The Bertz CT molecular complexity index is 230. The number of hydrogen-bond donors (Lipinski definition) is 0.